The molecule has 8 heteroatoms. The summed E-state index contributed by atoms with van der Waals surface area (Å²) in [5.41, 5.74) is 0.886. The fraction of sp³-hybridized carbons (Fsp3) is 0.640. The first-order valence-corrected chi connectivity index (χ1v) is 12.0. The van der Waals surface area contributed by atoms with Crippen molar-refractivity contribution in [2.24, 2.45) is 0 Å². The molecular formula is C25H37NO7. The Bertz CT molecular complexity index is 702. The Morgan fingerprint density at radius 3 is 1.85 bits per heavy atom. The molecule has 1 aromatic carbocycles. The van der Waals surface area contributed by atoms with Crippen LogP contribution in [0.3, 0.4) is 0 Å². The monoisotopic (exact) mass is 463 g/mol. The minimum atomic E-state index is -0.277. The Hall–Kier alpha value is -2.29. The fourth-order valence-corrected chi connectivity index (χ4v) is 3.48. The van der Waals surface area contributed by atoms with E-state index in [1.165, 1.54) is 30.6 Å². The molecule has 0 saturated carbocycles. The lowest BCUT2D eigenvalue weighted by molar-refractivity contribution is -0.145. The maximum atomic E-state index is 12.2. The lowest BCUT2D eigenvalue weighted by atomic mass is 10.1. The lowest BCUT2D eigenvalue weighted by Crippen LogP contribution is -2.33. The van der Waals surface area contributed by atoms with E-state index in [2.05, 4.69) is 6.92 Å². The standard InChI is InChI=1S/C25H37NO7/c1-2-3-4-5-6-7-12-23(27)33-20-19-32-18-17-31-16-15-30-14-13-26-24(28)21-10-8-9-11-22(21)25(26)29/h8-11H,2-7,12-20H2,1H3. The Balaban J connectivity index is 1.35. The van der Waals surface area contributed by atoms with Gasteiger partial charge in [-0.2, -0.15) is 0 Å². The van der Waals surface area contributed by atoms with Gasteiger partial charge in [0.25, 0.3) is 11.8 Å². The molecule has 0 aliphatic carbocycles. The number of amides is 2. The van der Waals surface area contributed by atoms with Gasteiger partial charge in [0.1, 0.15) is 6.61 Å². The van der Waals surface area contributed by atoms with Crippen LogP contribution in [0.25, 0.3) is 0 Å². The van der Waals surface area contributed by atoms with Crippen molar-refractivity contribution in [1.82, 2.24) is 4.90 Å². The summed E-state index contributed by atoms with van der Waals surface area (Å²) in [6, 6.07) is 6.81. The number of hydrogen-bond donors (Lipinski definition) is 0. The zero-order chi connectivity index (χ0) is 23.7. The Kier molecular flexibility index (Phi) is 13.4. The van der Waals surface area contributed by atoms with Crippen molar-refractivity contribution in [2.45, 2.75) is 51.9 Å². The number of nitrogens with zero attached hydrogens (tertiary/aromatic N) is 1. The van der Waals surface area contributed by atoms with E-state index in [4.69, 9.17) is 18.9 Å². The summed E-state index contributed by atoms with van der Waals surface area (Å²) in [7, 11) is 0. The molecule has 0 bridgehead atoms. The summed E-state index contributed by atoms with van der Waals surface area (Å²) in [6.45, 7) is 4.84. The predicted molar refractivity (Wildman–Crippen MR) is 123 cm³/mol. The molecule has 0 saturated heterocycles. The third-order valence-electron chi connectivity index (χ3n) is 5.31. The summed E-state index contributed by atoms with van der Waals surface area (Å²) < 4.78 is 21.4. The first-order chi connectivity index (χ1) is 16.1. The highest BCUT2D eigenvalue weighted by molar-refractivity contribution is 6.21. The molecule has 0 N–H and O–H groups in total. The molecule has 8 nitrogen and oxygen atoms in total. The fourth-order valence-electron chi connectivity index (χ4n) is 3.48. The van der Waals surface area contributed by atoms with Crippen molar-refractivity contribution in [3.8, 4) is 0 Å². The average molecular weight is 464 g/mol. The molecular weight excluding hydrogens is 426 g/mol. The number of unbranched alkanes of at least 4 members (excludes halogenated alkanes) is 5. The van der Waals surface area contributed by atoms with Gasteiger partial charge < -0.3 is 18.9 Å². The molecule has 1 aliphatic rings. The van der Waals surface area contributed by atoms with Crippen LogP contribution in [0.15, 0.2) is 24.3 Å². The van der Waals surface area contributed by atoms with Gasteiger partial charge in [-0.25, -0.2) is 0 Å². The number of hydrogen-bond acceptors (Lipinski definition) is 7. The third kappa shape index (κ3) is 10.0. The van der Waals surface area contributed by atoms with Crippen molar-refractivity contribution < 1.29 is 33.3 Å². The zero-order valence-corrected chi connectivity index (χ0v) is 19.7. The first kappa shape index (κ1) is 27.0. The minimum absolute atomic E-state index is 0.163. The lowest BCUT2D eigenvalue weighted by Gasteiger charge is -2.13. The van der Waals surface area contributed by atoms with Crippen LogP contribution < -0.4 is 0 Å². The maximum absolute atomic E-state index is 12.2. The second kappa shape index (κ2) is 16.3. The van der Waals surface area contributed by atoms with Gasteiger partial charge in [-0.05, 0) is 18.6 Å². The summed E-state index contributed by atoms with van der Waals surface area (Å²) in [5, 5.41) is 0. The Morgan fingerprint density at radius 1 is 0.727 bits per heavy atom. The van der Waals surface area contributed by atoms with Crippen LogP contribution >= 0.6 is 0 Å². The summed E-state index contributed by atoms with van der Waals surface area (Å²) in [6.07, 6.45) is 7.35. The molecule has 0 fully saturated rings. The molecule has 1 heterocycles. The van der Waals surface area contributed by atoms with E-state index in [0.29, 0.717) is 50.6 Å². The largest absolute Gasteiger partial charge is 0.463 e. The summed E-state index contributed by atoms with van der Waals surface area (Å²) >= 11 is 0. The van der Waals surface area contributed by atoms with Crippen molar-refractivity contribution in [3.63, 3.8) is 0 Å². The number of imide groups is 1. The highest BCUT2D eigenvalue weighted by atomic mass is 16.6. The first-order valence-electron chi connectivity index (χ1n) is 12.0. The van der Waals surface area contributed by atoms with Crippen molar-refractivity contribution >= 4 is 17.8 Å². The number of carbonyl (C=O) groups is 3. The molecule has 0 spiro atoms. The van der Waals surface area contributed by atoms with Crippen molar-refractivity contribution in [2.75, 3.05) is 52.8 Å². The van der Waals surface area contributed by atoms with E-state index in [0.717, 1.165) is 12.8 Å². The van der Waals surface area contributed by atoms with Crippen molar-refractivity contribution in [1.29, 1.82) is 0 Å². The molecule has 1 aromatic rings. The van der Waals surface area contributed by atoms with Crippen LogP contribution in [0.4, 0.5) is 0 Å². The van der Waals surface area contributed by atoms with Crippen molar-refractivity contribution in [3.05, 3.63) is 35.4 Å². The second-order valence-corrected chi connectivity index (χ2v) is 7.88. The number of carbonyl (C=O) groups excluding carboxylic acids is 3. The molecule has 1 aliphatic heterocycles. The highest BCUT2D eigenvalue weighted by Gasteiger charge is 2.34. The van der Waals surface area contributed by atoms with Crippen LogP contribution in [0.5, 0.6) is 0 Å². The Labute approximate surface area is 196 Å². The number of fused-ring (bicyclic) bond motifs is 1. The molecule has 0 unspecified atom stereocenters. The molecule has 2 amide bonds. The molecule has 0 radical (unpaired) electrons. The van der Waals surface area contributed by atoms with Gasteiger partial charge in [0.15, 0.2) is 0 Å². The van der Waals surface area contributed by atoms with Gasteiger partial charge in [-0.1, -0.05) is 51.2 Å². The number of esters is 1. The molecule has 184 valence electrons. The molecule has 0 atom stereocenters. The van der Waals surface area contributed by atoms with Crippen LogP contribution in [-0.2, 0) is 23.7 Å². The van der Waals surface area contributed by atoms with Gasteiger partial charge >= 0.3 is 5.97 Å². The quantitative estimate of drug-likeness (QED) is 0.176. The summed E-state index contributed by atoms with van der Waals surface area (Å²) in [5.74, 6) is -0.718. The van der Waals surface area contributed by atoms with E-state index < -0.39 is 0 Å². The molecule has 2 rings (SSSR count). The third-order valence-corrected chi connectivity index (χ3v) is 5.31. The Morgan fingerprint density at radius 2 is 1.24 bits per heavy atom. The minimum Gasteiger partial charge on any atom is -0.463 e. The topological polar surface area (TPSA) is 91.4 Å². The van der Waals surface area contributed by atoms with Gasteiger partial charge in [0, 0.05) is 6.42 Å². The van der Waals surface area contributed by atoms with Gasteiger partial charge in [0.2, 0.25) is 0 Å². The predicted octanol–water partition coefficient (Wildman–Crippen LogP) is 3.63. The van der Waals surface area contributed by atoms with Gasteiger partial charge in [0.05, 0.1) is 57.3 Å². The number of benzene rings is 1. The van der Waals surface area contributed by atoms with Crippen LogP contribution in [0, 0.1) is 0 Å². The van der Waals surface area contributed by atoms with E-state index in [1.54, 1.807) is 24.3 Å². The molecule has 33 heavy (non-hydrogen) atoms. The van der Waals surface area contributed by atoms with Gasteiger partial charge in [-0.3, -0.25) is 19.3 Å². The average Bonchev–Trinajstić information content (AvgIpc) is 3.07. The second-order valence-electron chi connectivity index (χ2n) is 7.88. The number of ether oxygens (including phenoxy) is 4. The van der Waals surface area contributed by atoms with Crippen LogP contribution in [-0.4, -0.2) is 75.5 Å². The summed E-state index contributed by atoms with van der Waals surface area (Å²) in [4.78, 5) is 37.3. The maximum Gasteiger partial charge on any atom is 0.305 e. The normalized spacial score (nSPS) is 12.9. The van der Waals surface area contributed by atoms with E-state index in [9.17, 15) is 14.4 Å². The zero-order valence-electron chi connectivity index (χ0n) is 19.7. The van der Waals surface area contributed by atoms with Gasteiger partial charge in [-0.15, -0.1) is 0 Å². The van der Waals surface area contributed by atoms with E-state index in [-0.39, 0.29) is 37.5 Å². The molecule has 0 aromatic heterocycles. The van der Waals surface area contributed by atoms with E-state index in [1.807, 2.05) is 0 Å². The smallest absolute Gasteiger partial charge is 0.305 e. The van der Waals surface area contributed by atoms with E-state index >= 15 is 0 Å². The number of rotatable bonds is 19. The highest BCUT2D eigenvalue weighted by Crippen LogP contribution is 2.21. The van der Waals surface area contributed by atoms with Crippen LogP contribution in [0.1, 0.15) is 72.6 Å². The van der Waals surface area contributed by atoms with Crippen LogP contribution in [0.2, 0.25) is 0 Å². The SMILES string of the molecule is CCCCCCCCC(=O)OCCOCCOCCOCCN1C(=O)c2ccccc2C1=O.